The molecule has 0 aliphatic rings. The first kappa shape index (κ1) is 10.8. The highest BCUT2D eigenvalue weighted by Gasteiger charge is 2.25. The number of aryl methyl sites for hydroxylation is 2. The van der Waals surface area contributed by atoms with E-state index in [2.05, 4.69) is 5.10 Å². The van der Waals surface area contributed by atoms with Crippen LogP contribution >= 0.6 is 0 Å². The third-order valence-corrected chi connectivity index (χ3v) is 1.77. The van der Waals surface area contributed by atoms with E-state index in [1.54, 1.807) is 11.7 Å². The summed E-state index contributed by atoms with van der Waals surface area (Å²) in [6.45, 7) is 7.30. The first-order valence-electron chi connectivity index (χ1n) is 4.53. The van der Waals surface area contributed by atoms with Gasteiger partial charge in [0.25, 0.3) is 0 Å². The minimum Gasteiger partial charge on any atom is -0.405 e. The zero-order valence-corrected chi connectivity index (χ0v) is 9.29. The Balaban J connectivity index is 2.80. The first-order valence-corrected chi connectivity index (χ1v) is 4.53. The Labute approximate surface area is 83.9 Å². The van der Waals surface area contributed by atoms with E-state index >= 15 is 0 Å². The molecule has 0 aromatic carbocycles. The third kappa shape index (κ3) is 2.34. The van der Waals surface area contributed by atoms with E-state index in [1.807, 2.05) is 33.9 Å². The van der Waals surface area contributed by atoms with Gasteiger partial charge in [-0.05, 0) is 27.7 Å². The number of hydrogen-bond acceptors (Lipinski definition) is 3. The van der Waals surface area contributed by atoms with Gasteiger partial charge in [-0.1, -0.05) is 0 Å². The van der Waals surface area contributed by atoms with Gasteiger partial charge in [0.1, 0.15) is 0 Å². The van der Waals surface area contributed by atoms with Crippen molar-refractivity contribution in [2.75, 3.05) is 0 Å². The molecule has 0 N–H and O–H groups in total. The van der Waals surface area contributed by atoms with Gasteiger partial charge in [0, 0.05) is 18.8 Å². The van der Waals surface area contributed by atoms with Crippen LogP contribution in [-0.2, 0) is 11.8 Å². The van der Waals surface area contributed by atoms with Crippen LogP contribution in [0.3, 0.4) is 0 Å². The van der Waals surface area contributed by atoms with Crippen LogP contribution in [0.15, 0.2) is 6.20 Å². The molecule has 14 heavy (non-hydrogen) atoms. The van der Waals surface area contributed by atoms with Gasteiger partial charge >= 0.3 is 5.97 Å². The maximum absolute atomic E-state index is 11.5. The molecule has 0 radical (unpaired) electrons. The molecular weight excluding hydrogens is 180 g/mol. The summed E-state index contributed by atoms with van der Waals surface area (Å²) in [5, 5.41) is 4.04. The monoisotopic (exact) mass is 196 g/mol. The fourth-order valence-electron chi connectivity index (χ4n) is 0.928. The number of rotatable bonds is 1. The lowest BCUT2D eigenvalue weighted by Gasteiger charge is -2.15. The molecule has 1 aromatic heterocycles. The van der Waals surface area contributed by atoms with Crippen molar-refractivity contribution in [2.45, 2.75) is 27.7 Å². The Bertz CT molecular complexity index is 347. The van der Waals surface area contributed by atoms with Crippen molar-refractivity contribution in [1.82, 2.24) is 9.78 Å². The van der Waals surface area contributed by atoms with Crippen LogP contribution in [0.2, 0.25) is 0 Å². The molecule has 0 spiro atoms. The Morgan fingerprint density at radius 1 is 1.50 bits per heavy atom. The van der Waals surface area contributed by atoms with Crippen molar-refractivity contribution >= 4 is 5.97 Å². The maximum Gasteiger partial charge on any atom is 0.318 e. The van der Waals surface area contributed by atoms with Crippen molar-refractivity contribution in [3.8, 4) is 5.88 Å². The van der Waals surface area contributed by atoms with Crippen molar-refractivity contribution in [1.29, 1.82) is 0 Å². The smallest absolute Gasteiger partial charge is 0.318 e. The van der Waals surface area contributed by atoms with Gasteiger partial charge in [-0.3, -0.25) is 9.48 Å². The summed E-state index contributed by atoms with van der Waals surface area (Å²) in [6, 6.07) is 0. The standard InChI is InChI=1S/C10H16N2O2/c1-7-6-12(5)11-8(7)14-9(13)10(2,3)4/h6H,1-5H3. The molecule has 0 bridgehead atoms. The number of aromatic nitrogens is 2. The van der Waals surface area contributed by atoms with Gasteiger partial charge in [0.05, 0.1) is 5.41 Å². The van der Waals surface area contributed by atoms with E-state index in [0.29, 0.717) is 5.88 Å². The van der Waals surface area contributed by atoms with Gasteiger partial charge in [-0.25, -0.2) is 0 Å². The van der Waals surface area contributed by atoms with Crippen LogP contribution in [0.5, 0.6) is 5.88 Å². The second kappa shape index (κ2) is 3.44. The van der Waals surface area contributed by atoms with Crippen LogP contribution in [-0.4, -0.2) is 15.7 Å². The summed E-state index contributed by atoms with van der Waals surface area (Å²) >= 11 is 0. The molecule has 1 heterocycles. The molecule has 0 amide bonds. The van der Waals surface area contributed by atoms with E-state index in [9.17, 15) is 4.79 Å². The van der Waals surface area contributed by atoms with E-state index < -0.39 is 5.41 Å². The number of hydrogen-bond donors (Lipinski definition) is 0. The summed E-state index contributed by atoms with van der Waals surface area (Å²) in [5.41, 5.74) is 0.370. The van der Waals surface area contributed by atoms with Gasteiger partial charge in [0.2, 0.25) is 5.88 Å². The lowest BCUT2D eigenvalue weighted by atomic mass is 9.97. The summed E-state index contributed by atoms with van der Waals surface area (Å²) in [7, 11) is 1.79. The third-order valence-electron chi connectivity index (χ3n) is 1.77. The zero-order valence-electron chi connectivity index (χ0n) is 9.29. The second-order valence-electron chi connectivity index (χ2n) is 4.43. The zero-order chi connectivity index (χ0) is 10.9. The van der Waals surface area contributed by atoms with E-state index in [4.69, 9.17) is 4.74 Å². The van der Waals surface area contributed by atoms with Crippen molar-refractivity contribution < 1.29 is 9.53 Å². The molecule has 0 aliphatic heterocycles. The molecule has 0 fully saturated rings. The maximum atomic E-state index is 11.5. The molecular formula is C10H16N2O2. The lowest BCUT2D eigenvalue weighted by Crippen LogP contribution is -2.26. The topological polar surface area (TPSA) is 44.1 Å². The van der Waals surface area contributed by atoms with Crippen molar-refractivity contribution in [3.05, 3.63) is 11.8 Å². The van der Waals surface area contributed by atoms with Crippen molar-refractivity contribution in [3.63, 3.8) is 0 Å². The highest BCUT2D eigenvalue weighted by molar-refractivity contribution is 5.77. The van der Waals surface area contributed by atoms with Gasteiger partial charge in [0.15, 0.2) is 0 Å². The van der Waals surface area contributed by atoms with E-state index in [0.717, 1.165) is 5.56 Å². The average Bonchev–Trinajstić information content (AvgIpc) is 2.28. The Kier molecular flexibility index (Phi) is 2.64. The van der Waals surface area contributed by atoms with Gasteiger partial charge in [-0.15, -0.1) is 5.10 Å². The fraction of sp³-hybridized carbons (Fsp3) is 0.600. The molecule has 0 aliphatic carbocycles. The minimum absolute atomic E-state index is 0.265. The second-order valence-corrected chi connectivity index (χ2v) is 4.43. The fourth-order valence-corrected chi connectivity index (χ4v) is 0.928. The highest BCUT2D eigenvalue weighted by Crippen LogP contribution is 2.20. The lowest BCUT2D eigenvalue weighted by molar-refractivity contribution is -0.143. The Hall–Kier alpha value is -1.32. The minimum atomic E-state index is -0.496. The quantitative estimate of drug-likeness (QED) is 0.642. The molecule has 0 atom stereocenters. The molecule has 0 unspecified atom stereocenters. The summed E-state index contributed by atoms with van der Waals surface area (Å²) in [6.07, 6.45) is 1.81. The first-order chi connectivity index (χ1) is 6.30. The Morgan fingerprint density at radius 2 is 2.07 bits per heavy atom. The van der Waals surface area contributed by atoms with E-state index in [1.165, 1.54) is 0 Å². The van der Waals surface area contributed by atoms with E-state index in [-0.39, 0.29) is 5.97 Å². The highest BCUT2D eigenvalue weighted by atomic mass is 16.5. The van der Waals surface area contributed by atoms with Crippen LogP contribution in [0.4, 0.5) is 0 Å². The molecule has 1 aromatic rings. The van der Waals surface area contributed by atoms with Crippen molar-refractivity contribution in [2.24, 2.45) is 12.5 Å². The molecule has 0 saturated carbocycles. The van der Waals surface area contributed by atoms with Crippen LogP contribution < -0.4 is 4.74 Å². The summed E-state index contributed by atoms with van der Waals surface area (Å²) < 4.78 is 6.79. The molecule has 1 rings (SSSR count). The number of nitrogens with zero attached hydrogens (tertiary/aromatic N) is 2. The molecule has 4 nitrogen and oxygen atoms in total. The van der Waals surface area contributed by atoms with Crippen LogP contribution in [0.25, 0.3) is 0 Å². The predicted molar refractivity (Wildman–Crippen MR) is 53.0 cm³/mol. The normalized spacial score (nSPS) is 11.5. The van der Waals surface area contributed by atoms with Crippen LogP contribution in [0, 0.1) is 12.3 Å². The molecule has 0 saturated heterocycles. The number of carbonyl (C=O) groups is 1. The number of carbonyl (C=O) groups excluding carboxylic acids is 1. The molecule has 4 heteroatoms. The summed E-state index contributed by atoms with van der Waals surface area (Å²) in [5.74, 6) is 0.131. The average molecular weight is 196 g/mol. The number of ether oxygens (including phenoxy) is 1. The summed E-state index contributed by atoms with van der Waals surface area (Å²) in [4.78, 5) is 11.5. The largest absolute Gasteiger partial charge is 0.405 e. The predicted octanol–water partition coefficient (Wildman–Crippen LogP) is 1.68. The van der Waals surface area contributed by atoms with Crippen LogP contribution in [0.1, 0.15) is 26.3 Å². The van der Waals surface area contributed by atoms with Gasteiger partial charge in [-0.2, -0.15) is 0 Å². The van der Waals surface area contributed by atoms with Gasteiger partial charge < -0.3 is 4.74 Å². The Morgan fingerprint density at radius 3 is 2.43 bits per heavy atom. The number of esters is 1. The molecule has 78 valence electrons. The SMILES string of the molecule is Cc1cn(C)nc1OC(=O)C(C)(C)C.